The summed E-state index contributed by atoms with van der Waals surface area (Å²) >= 11 is 2.81. The van der Waals surface area contributed by atoms with E-state index < -0.39 is 29.4 Å². The van der Waals surface area contributed by atoms with Gasteiger partial charge in [-0.15, -0.1) is 0 Å². The molecule has 2 aromatic rings. The molecule has 7 heteroatoms. The van der Waals surface area contributed by atoms with E-state index in [0.717, 1.165) is 18.2 Å². The Morgan fingerprint density at radius 1 is 1.00 bits per heavy atom. The Kier molecular flexibility index (Phi) is 4.34. The molecule has 2 N–H and O–H groups in total. The molecule has 0 saturated heterocycles. The van der Waals surface area contributed by atoms with E-state index in [0.29, 0.717) is 6.07 Å². The van der Waals surface area contributed by atoms with Crippen LogP contribution in [0.25, 0.3) is 0 Å². The van der Waals surface area contributed by atoms with Crippen LogP contribution in [0.5, 0.6) is 0 Å². The minimum atomic E-state index is -4.56. The molecule has 0 bridgehead atoms. The summed E-state index contributed by atoms with van der Waals surface area (Å²) in [6, 6.07) is 5.02. The number of alkyl halides is 3. The second-order valence-electron chi connectivity index (χ2n) is 4.38. The minimum absolute atomic E-state index is 0.0770. The lowest BCUT2D eigenvalue weighted by Gasteiger charge is -2.16. The summed E-state index contributed by atoms with van der Waals surface area (Å²) in [5.41, 5.74) is 4.88. The van der Waals surface area contributed by atoms with Crippen molar-refractivity contribution in [3.63, 3.8) is 0 Å². The number of hydrogen-bond donors (Lipinski definition) is 1. The minimum Gasteiger partial charge on any atom is -0.320 e. The van der Waals surface area contributed by atoms with Crippen LogP contribution in [-0.4, -0.2) is 0 Å². The normalized spacial score (nSPS) is 13.3. The van der Waals surface area contributed by atoms with Crippen LogP contribution in [0.1, 0.15) is 22.7 Å². The van der Waals surface area contributed by atoms with Gasteiger partial charge in [-0.2, -0.15) is 13.2 Å². The van der Waals surface area contributed by atoms with Crippen LogP contribution in [0.15, 0.2) is 40.9 Å². The maximum absolute atomic E-state index is 13.6. The zero-order chi connectivity index (χ0) is 15.8. The van der Waals surface area contributed by atoms with Gasteiger partial charge in [0, 0.05) is 16.1 Å². The average Bonchev–Trinajstić information content (AvgIpc) is 2.37. The highest BCUT2D eigenvalue weighted by atomic mass is 79.9. The first kappa shape index (κ1) is 15.9. The fourth-order valence-electron chi connectivity index (χ4n) is 1.89. The number of nitrogens with two attached hydrogens (primary N) is 1. The van der Waals surface area contributed by atoms with Crippen LogP contribution in [0.2, 0.25) is 0 Å². The maximum Gasteiger partial charge on any atom is 0.417 e. The number of halogens is 6. The molecule has 2 aromatic carbocycles. The number of rotatable bonds is 2. The quantitative estimate of drug-likeness (QED) is 0.760. The number of benzene rings is 2. The first-order valence-electron chi connectivity index (χ1n) is 5.77. The molecule has 1 nitrogen and oxygen atoms in total. The van der Waals surface area contributed by atoms with E-state index in [9.17, 15) is 22.0 Å². The van der Waals surface area contributed by atoms with Crippen LogP contribution < -0.4 is 5.73 Å². The summed E-state index contributed by atoms with van der Waals surface area (Å²) < 4.78 is 64.9. The SMILES string of the molecule is NC(c1ccc(Br)c(C(F)(F)F)c1)c1ccc(F)cc1F. The third-order valence-corrected chi connectivity index (χ3v) is 3.64. The van der Waals surface area contributed by atoms with Gasteiger partial charge in [-0.05, 0) is 23.8 Å². The van der Waals surface area contributed by atoms with Crippen molar-refractivity contribution >= 4 is 15.9 Å². The molecule has 1 unspecified atom stereocenters. The highest BCUT2D eigenvalue weighted by Gasteiger charge is 2.33. The van der Waals surface area contributed by atoms with Crippen LogP contribution in [0, 0.1) is 11.6 Å². The van der Waals surface area contributed by atoms with Crippen molar-refractivity contribution in [2.45, 2.75) is 12.2 Å². The lowest BCUT2D eigenvalue weighted by molar-refractivity contribution is -0.138. The molecule has 0 saturated carbocycles. The zero-order valence-corrected chi connectivity index (χ0v) is 12.0. The van der Waals surface area contributed by atoms with Crippen molar-refractivity contribution in [3.8, 4) is 0 Å². The van der Waals surface area contributed by atoms with Gasteiger partial charge in [0.25, 0.3) is 0 Å². The van der Waals surface area contributed by atoms with Crippen LogP contribution >= 0.6 is 15.9 Å². The first-order chi connectivity index (χ1) is 9.70. The third-order valence-electron chi connectivity index (χ3n) is 2.95. The molecule has 0 aliphatic carbocycles. The van der Waals surface area contributed by atoms with Crippen LogP contribution in [0.3, 0.4) is 0 Å². The highest BCUT2D eigenvalue weighted by Crippen LogP contribution is 2.37. The Hall–Kier alpha value is -1.47. The maximum atomic E-state index is 13.6. The van der Waals surface area contributed by atoms with Gasteiger partial charge in [0.2, 0.25) is 0 Å². The molecule has 0 aliphatic rings. The standard InChI is InChI=1S/C14H9BrF5N/c15-11-4-1-7(5-10(11)14(18,19)20)13(21)9-3-2-8(16)6-12(9)17/h1-6,13H,21H2. The summed E-state index contributed by atoms with van der Waals surface area (Å²) in [5, 5.41) is 0. The van der Waals surface area contributed by atoms with E-state index in [1.165, 1.54) is 12.1 Å². The summed E-state index contributed by atoms with van der Waals surface area (Å²) in [7, 11) is 0. The van der Waals surface area contributed by atoms with E-state index in [2.05, 4.69) is 15.9 Å². The fourth-order valence-corrected chi connectivity index (χ4v) is 2.36. The second-order valence-corrected chi connectivity index (χ2v) is 5.23. The highest BCUT2D eigenvalue weighted by molar-refractivity contribution is 9.10. The van der Waals surface area contributed by atoms with E-state index in [1.807, 2.05) is 0 Å². The van der Waals surface area contributed by atoms with Crippen molar-refractivity contribution in [3.05, 3.63) is 69.2 Å². The molecular formula is C14H9BrF5N. The molecule has 0 radical (unpaired) electrons. The van der Waals surface area contributed by atoms with Crippen molar-refractivity contribution in [2.24, 2.45) is 5.73 Å². The van der Waals surface area contributed by atoms with Crippen molar-refractivity contribution in [1.29, 1.82) is 0 Å². The molecule has 0 aromatic heterocycles. The average molecular weight is 366 g/mol. The Morgan fingerprint density at radius 2 is 1.67 bits per heavy atom. The zero-order valence-electron chi connectivity index (χ0n) is 10.4. The Bertz CT molecular complexity index is 669. The summed E-state index contributed by atoms with van der Waals surface area (Å²) in [5.74, 6) is -1.69. The topological polar surface area (TPSA) is 26.0 Å². The Balaban J connectivity index is 2.46. The van der Waals surface area contributed by atoms with Gasteiger partial charge in [-0.1, -0.05) is 28.1 Å². The molecule has 2 rings (SSSR count). The monoisotopic (exact) mass is 365 g/mol. The summed E-state index contributed by atoms with van der Waals surface area (Å²) in [4.78, 5) is 0. The Labute approximate surface area is 125 Å². The largest absolute Gasteiger partial charge is 0.417 e. The van der Waals surface area contributed by atoms with Gasteiger partial charge in [0.1, 0.15) is 11.6 Å². The Morgan fingerprint density at radius 3 is 2.24 bits per heavy atom. The van der Waals surface area contributed by atoms with Crippen LogP contribution in [-0.2, 0) is 6.18 Å². The van der Waals surface area contributed by atoms with Crippen molar-refractivity contribution in [1.82, 2.24) is 0 Å². The number of hydrogen-bond acceptors (Lipinski definition) is 1. The predicted molar refractivity (Wildman–Crippen MR) is 71.5 cm³/mol. The molecule has 0 spiro atoms. The predicted octanol–water partition coefficient (Wildman–Crippen LogP) is 4.79. The van der Waals surface area contributed by atoms with E-state index >= 15 is 0 Å². The van der Waals surface area contributed by atoms with Gasteiger partial charge in [0.05, 0.1) is 11.6 Å². The molecule has 21 heavy (non-hydrogen) atoms. The van der Waals surface area contributed by atoms with Gasteiger partial charge >= 0.3 is 6.18 Å². The fraction of sp³-hybridized carbons (Fsp3) is 0.143. The van der Waals surface area contributed by atoms with E-state index in [-0.39, 0.29) is 15.6 Å². The van der Waals surface area contributed by atoms with Crippen molar-refractivity contribution in [2.75, 3.05) is 0 Å². The van der Waals surface area contributed by atoms with Gasteiger partial charge in [-0.25, -0.2) is 8.78 Å². The lowest BCUT2D eigenvalue weighted by Crippen LogP contribution is -2.15. The second kappa shape index (κ2) is 5.73. The molecule has 1 atom stereocenters. The summed E-state index contributed by atoms with van der Waals surface area (Å²) in [6.07, 6.45) is -4.56. The first-order valence-corrected chi connectivity index (χ1v) is 6.56. The van der Waals surface area contributed by atoms with Crippen LogP contribution in [0.4, 0.5) is 22.0 Å². The molecule has 112 valence electrons. The lowest BCUT2D eigenvalue weighted by atomic mass is 9.97. The van der Waals surface area contributed by atoms with Gasteiger partial charge < -0.3 is 5.73 Å². The molecule has 0 amide bonds. The molecule has 0 aliphatic heterocycles. The van der Waals surface area contributed by atoms with Gasteiger partial charge in [0.15, 0.2) is 0 Å². The third kappa shape index (κ3) is 3.41. The van der Waals surface area contributed by atoms with Gasteiger partial charge in [-0.3, -0.25) is 0 Å². The van der Waals surface area contributed by atoms with Crippen molar-refractivity contribution < 1.29 is 22.0 Å². The molecular weight excluding hydrogens is 357 g/mol. The smallest absolute Gasteiger partial charge is 0.320 e. The molecule has 0 heterocycles. The summed E-state index contributed by atoms with van der Waals surface area (Å²) in [6.45, 7) is 0. The van der Waals surface area contributed by atoms with E-state index in [1.54, 1.807) is 0 Å². The molecule has 0 fully saturated rings. The van der Waals surface area contributed by atoms with E-state index in [4.69, 9.17) is 5.73 Å².